The molecule has 0 spiro atoms. The van der Waals surface area contributed by atoms with Gasteiger partial charge in [0.05, 0.1) is 13.2 Å². The van der Waals surface area contributed by atoms with Crippen molar-refractivity contribution in [2.45, 2.75) is 387 Å². The van der Waals surface area contributed by atoms with E-state index >= 15 is 0 Å². The molecular formula is C76H138O9. The number of rotatable bonds is 68. The number of hydrogen-bond donors (Lipinski definition) is 0. The lowest BCUT2D eigenvalue weighted by Gasteiger charge is -2.21. The van der Waals surface area contributed by atoms with Crippen molar-refractivity contribution in [2.24, 2.45) is 0 Å². The summed E-state index contributed by atoms with van der Waals surface area (Å²) in [5.41, 5.74) is 0. The fourth-order valence-corrected chi connectivity index (χ4v) is 10.6. The van der Waals surface area contributed by atoms with E-state index in [0.717, 1.165) is 128 Å². The summed E-state index contributed by atoms with van der Waals surface area (Å²) in [6.07, 6.45) is 76.7. The van der Waals surface area contributed by atoms with Crippen molar-refractivity contribution >= 4 is 23.9 Å². The lowest BCUT2D eigenvalue weighted by atomic mass is 10.0. The van der Waals surface area contributed by atoms with Gasteiger partial charge in [-0.15, -0.1) is 0 Å². The Morgan fingerprint density at radius 1 is 0.247 bits per heavy atom. The van der Waals surface area contributed by atoms with Crippen LogP contribution >= 0.6 is 0 Å². The number of carbonyl (C=O) groups excluding carboxylic acids is 4. The summed E-state index contributed by atoms with van der Waals surface area (Å²) in [5, 5.41) is 0. The van der Waals surface area contributed by atoms with Crippen molar-refractivity contribution in [2.75, 3.05) is 26.4 Å². The fourth-order valence-electron chi connectivity index (χ4n) is 10.6. The van der Waals surface area contributed by atoms with Crippen LogP contribution in [0.15, 0.2) is 48.6 Å². The molecule has 0 radical (unpaired) electrons. The predicted molar refractivity (Wildman–Crippen MR) is 361 cm³/mol. The summed E-state index contributed by atoms with van der Waals surface area (Å²) in [6.45, 7) is 8.69. The van der Waals surface area contributed by atoms with E-state index in [0.29, 0.717) is 12.8 Å². The van der Waals surface area contributed by atoms with Crippen LogP contribution in [0.3, 0.4) is 0 Å². The van der Waals surface area contributed by atoms with Gasteiger partial charge in [0, 0.05) is 25.7 Å². The van der Waals surface area contributed by atoms with Crippen LogP contribution in [-0.2, 0) is 42.9 Å². The first-order chi connectivity index (χ1) is 41.9. The Hall–Kier alpha value is -3.20. The highest BCUT2D eigenvalue weighted by atomic mass is 16.6. The van der Waals surface area contributed by atoms with Gasteiger partial charge in [-0.2, -0.15) is 0 Å². The zero-order chi connectivity index (χ0) is 61.7. The minimum Gasteiger partial charge on any atom is -0.462 e. The Labute approximate surface area is 526 Å². The molecule has 0 aromatic carbocycles. The summed E-state index contributed by atoms with van der Waals surface area (Å²) in [4.78, 5) is 52.4. The van der Waals surface area contributed by atoms with Crippen LogP contribution in [0.5, 0.6) is 0 Å². The van der Waals surface area contributed by atoms with E-state index in [4.69, 9.17) is 23.7 Å². The van der Waals surface area contributed by atoms with Crippen LogP contribution in [0.4, 0.5) is 0 Å². The molecule has 0 fully saturated rings. The quantitative estimate of drug-likeness (QED) is 0.0254. The van der Waals surface area contributed by atoms with E-state index in [-0.39, 0.29) is 63.1 Å². The Morgan fingerprint density at radius 2 is 0.459 bits per heavy atom. The van der Waals surface area contributed by atoms with Gasteiger partial charge in [-0.05, 0) is 109 Å². The zero-order valence-corrected chi connectivity index (χ0v) is 56.5. The van der Waals surface area contributed by atoms with Crippen molar-refractivity contribution < 1.29 is 42.9 Å². The minimum atomic E-state index is -0.825. The molecule has 2 unspecified atom stereocenters. The average Bonchev–Trinajstić information content (AvgIpc) is 3.50. The topological polar surface area (TPSA) is 114 Å². The van der Waals surface area contributed by atoms with Gasteiger partial charge in [0.15, 0.2) is 12.2 Å². The predicted octanol–water partition coefficient (Wildman–Crippen LogP) is 23.3. The van der Waals surface area contributed by atoms with Crippen molar-refractivity contribution in [1.82, 2.24) is 0 Å². The number of unbranched alkanes of at least 4 members (excludes halogenated alkanes) is 42. The summed E-state index contributed by atoms with van der Waals surface area (Å²) in [7, 11) is 0. The van der Waals surface area contributed by atoms with E-state index in [1.807, 2.05) is 0 Å². The zero-order valence-electron chi connectivity index (χ0n) is 56.5. The van der Waals surface area contributed by atoms with E-state index in [2.05, 4.69) is 76.3 Å². The molecule has 0 N–H and O–H groups in total. The molecule has 0 bridgehead atoms. The number of ether oxygens (including phenoxy) is 5. The largest absolute Gasteiger partial charge is 0.462 e. The van der Waals surface area contributed by atoms with Gasteiger partial charge in [-0.3, -0.25) is 19.2 Å². The van der Waals surface area contributed by atoms with Crippen LogP contribution < -0.4 is 0 Å². The maximum Gasteiger partial charge on any atom is 0.306 e. The van der Waals surface area contributed by atoms with Crippen LogP contribution in [0.1, 0.15) is 374 Å². The molecule has 0 aliphatic carbocycles. The van der Waals surface area contributed by atoms with Crippen LogP contribution in [0.25, 0.3) is 0 Å². The van der Waals surface area contributed by atoms with Crippen molar-refractivity contribution in [3.8, 4) is 0 Å². The minimum absolute atomic E-state index is 0.0487. The second kappa shape index (κ2) is 69.9. The summed E-state index contributed by atoms with van der Waals surface area (Å²) < 4.78 is 29.3. The smallest absolute Gasteiger partial charge is 0.306 e. The highest BCUT2D eigenvalue weighted by molar-refractivity contribution is 5.71. The molecule has 0 amide bonds. The van der Waals surface area contributed by atoms with Crippen molar-refractivity contribution in [1.29, 1.82) is 0 Å². The monoisotopic (exact) mass is 1200 g/mol. The molecule has 496 valence electrons. The molecule has 0 aliphatic heterocycles. The summed E-state index contributed by atoms with van der Waals surface area (Å²) >= 11 is 0. The van der Waals surface area contributed by atoms with Gasteiger partial charge in [0.25, 0.3) is 0 Å². The Morgan fingerprint density at radius 3 is 0.741 bits per heavy atom. The number of esters is 4. The Balaban J connectivity index is 5.28. The highest BCUT2D eigenvalue weighted by Crippen LogP contribution is 2.17. The van der Waals surface area contributed by atoms with Gasteiger partial charge in [0.1, 0.15) is 13.2 Å². The van der Waals surface area contributed by atoms with E-state index < -0.39 is 12.2 Å². The third kappa shape index (κ3) is 66.6. The summed E-state index contributed by atoms with van der Waals surface area (Å²) in [6, 6.07) is 0. The standard InChI is InChI=1S/C76H138O9/c1-5-9-13-17-21-25-29-33-36-40-43-47-51-55-59-63-73(77)82-69-71(84-75(79)65-61-57-53-49-45-39-32-28-24-20-16-12-8-4)67-81-68-72(85-76(80)66-62-58-54-50-46-42-38-35-31-27-23-19-15-11-7-3)70-83-74(78)64-60-56-52-48-44-41-37-34-30-26-22-18-14-10-6-2/h23,27,33-38,71-72H,5-22,24-26,28-32,39-70H2,1-4H3/b27-23-,36-33-,37-34-,38-35-. The molecule has 85 heavy (non-hydrogen) atoms. The molecule has 0 aromatic rings. The molecule has 0 heterocycles. The maximum absolute atomic E-state index is 13.2. The molecule has 9 nitrogen and oxygen atoms in total. The molecule has 0 aromatic heterocycles. The van der Waals surface area contributed by atoms with Gasteiger partial charge < -0.3 is 23.7 Å². The number of hydrogen-bond acceptors (Lipinski definition) is 9. The van der Waals surface area contributed by atoms with Gasteiger partial charge >= 0.3 is 23.9 Å². The number of allylic oxidation sites excluding steroid dienone is 8. The van der Waals surface area contributed by atoms with E-state index in [1.165, 1.54) is 193 Å². The third-order valence-corrected chi connectivity index (χ3v) is 16.2. The Bertz CT molecular complexity index is 1550. The van der Waals surface area contributed by atoms with Crippen molar-refractivity contribution in [3.05, 3.63) is 48.6 Å². The summed E-state index contributed by atoms with van der Waals surface area (Å²) in [5.74, 6) is -1.31. The average molecular weight is 1200 g/mol. The van der Waals surface area contributed by atoms with Crippen LogP contribution in [0, 0.1) is 0 Å². The second-order valence-corrected chi connectivity index (χ2v) is 24.8. The molecule has 0 saturated heterocycles. The van der Waals surface area contributed by atoms with Gasteiger partial charge in [0.2, 0.25) is 0 Å². The van der Waals surface area contributed by atoms with Crippen LogP contribution in [-0.4, -0.2) is 62.5 Å². The van der Waals surface area contributed by atoms with Gasteiger partial charge in [-0.1, -0.05) is 288 Å². The third-order valence-electron chi connectivity index (χ3n) is 16.2. The SMILES string of the molecule is CCCCC/C=C\C/C=C\CCCCCCCC(=O)OC(COCC(COC(=O)CCCCCCC/C=C\CCCCCCCC)OC(=O)CCCCCCCCCCCCCCC)COC(=O)CCCCCCC/C=C\CCCCCCCC. The van der Waals surface area contributed by atoms with E-state index in [9.17, 15) is 19.2 Å². The van der Waals surface area contributed by atoms with Gasteiger partial charge in [-0.25, -0.2) is 0 Å². The van der Waals surface area contributed by atoms with E-state index in [1.54, 1.807) is 0 Å². The molecular weight excluding hydrogens is 1060 g/mol. The molecule has 0 aliphatic rings. The molecule has 0 rings (SSSR count). The lowest BCUT2D eigenvalue weighted by molar-refractivity contribution is -0.169. The lowest BCUT2D eigenvalue weighted by Crippen LogP contribution is -2.34. The Kier molecular flexibility index (Phi) is 67.3. The van der Waals surface area contributed by atoms with Crippen molar-refractivity contribution in [3.63, 3.8) is 0 Å². The molecule has 9 heteroatoms. The molecule has 0 saturated carbocycles. The highest BCUT2D eigenvalue weighted by Gasteiger charge is 2.22. The number of carbonyl (C=O) groups is 4. The first kappa shape index (κ1) is 81.8. The second-order valence-electron chi connectivity index (χ2n) is 24.8. The first-order valence-electron chi connectivity index (χ1n) is 36.7. The maximum atomic E-state index is 13.2. The fraction of sp³-hybridized carbons (Fsp3) is 0.842. The normalized spacial score (nSPS) is 12.6. The van der Waals surface area contributed by atoms with Crippen LogP contribution in [0.2, 0.25) is 0 Å². The molecule has 2 atom stereocenters. The first-order valence-corrected chi connectivity index (χ1v) is 36.7.